The van der Waals surface area contributed by atoms with Crippen LogP contribution in [0.3, 0.4) is 0 Å². The van der Waals surface area contributed by atoms with Crippen molar-refractivity contribution in [3.63, 3.8) is 0 Å². The molecule has 0 radical (unpaired) electrons. The van der Waals surface area contributed by atoms with Crippen LogP contribution in [0.2, 0.25) is 0 Å². The van der Waals surface area contributed by atoms with E-state index in [2.05, 4.69) is 67.5 Å². The van der Waals surface area contributed by atoms with Crippen LogP contribution >= 0.6 is 0 Å². The summed E-state index contributed by atoms with van der Waals surface area (Å²) in [5.74, 6) is 1.33. The Bertz CT molecular complexity index is 1070. The number of aromatic nitrogens is 3. The highest BCUT2D eigenvalue weighted by molar-refractivity contribution is 5.81. The van der Waals surface area contributed by atoms with E-state index in [1.165, 1.54) is 11.1 Å². The topological polar surface area (TPSA) is 68.2 Å². The molecule has 0 saturated carbocycles. The summed E-state index contributed by atoms with van der Waals surface area (Å²) < 4.78 is 1.97. The summed E-state index contributed by atoms with van der Waals surface area (Å²) in [5.41, 5.74) is 10.9. The first-order chi connectivity index (χ1) is 12.9. The molecule has 0 fully saturated rings. The van der Waals surface area contributed by atoms with Crippen molar-refractivity contribution >= 4 is 17.3 Å². The van der Waals surface area contributed by atoms with Crippen molar-refractivity contribution < 1.29 is 0 Å². The van der Waals surface area contributed by atoms with Gasteiger partial charge in [-0.15, -0.1) is 0 Å². The van der Waals surface area contributed by atoms with Crippen molar-refractivity contribution in [2.45, 2.75) is 26.3 Å². The highest BCUT2D eigenvalue weighted by atomic mass is 15.2. The van der Waals surface area contributed by atoms with Gasteiger partial charge in [0.1, 0.15) is 11.5 Å². The van der Waals surface area contributed by atoms with E-state index in [1.807, 2.05) is 28.8 Å². The van der Waals surface area contributed by atoms with E-state index in [0.29, 0.717) is 11.5 Å². The SMILES string of the molecule is CC(C)(C)Nc1c(-c2ccc(-c3ccccc3)cc2)nc2c(N)nccn12. The van der Waals surface area contributed by atoms with E-state index in [9.17, 15) is 0 Å². The van der Waals surface area contributed by atoms with E-state index in [1.54, 1.807) is 6.20 Å². The number of nitrogen functional groups attached to an aromatic ring is 1. The first kappa shape index (κ1) is 17.1. The third kappa shape index (κ3) is 3.36. The summed E-state index contributed by atoms with van der Waals surface area (Å²) in [6.45, 7) is 6.37. The lowest BCUT2D eigenvalue weighted by Crippen LogP contribution is -2.27. The van der Waals surface area contributed by atoms with Gasteiger partial charge >= 0.3 is 0 Å². The second-order valence-electron chi connectivity index (χ2n) is 7.63. The number of nitrogens with two attached hydrogens (primary N) is 1. The summed E-state index contributed by atoms with van der Waals surface area (Å²) in [5, 5.41) is 3.56. The van der Waals surface area contributed by atoms with Crippen LogP contribution in [0, 0.1) is 0 Å². The van der Waals surface area contributed by atoms with Crippen LogP contribution in [-0.2, 0) is 0 Å². The van der Waals surface area contributed by atoms with Crippen LogP contribution in [0.1, 0.15) is 20.8 Å². The lowest BCUT2D eigenvalue weighted by molar-refractivity contribution is 0.629. The molecule has 0 aliphatic rings. The Kier molecular flexibility index (Phi) is 4.07. The Hall–Kier alpha value is -3.34. The summed E-state index contributed by atoms with van der Waals surface area (Å²) in [6, 6.07) is 18.8. The van der Waals surface area contributed by atoms with E-state index in [-0.39, 0.29) is 5.54 Å². The Balaban J connectivity index is 1.83. The van der Waals surface area contributed by atoms with E-state index < -0.39 is 0 Å². The molecule has 0 atom stereocenters. The van der Waals surface area contributed by atoms with Gasteiger partial charge in [0.15, 0.2) is 11.5 Å². The zero-order valence-electron chi connectivity index (χ0n) is 15.8. The fraction of sp³-hybridized carbons (Fsp3) is 0.182. The summed E-state index contributed by atoms with van der Waals surface area (Å²) in [6.07, 6.45) is 3.58. The molecule has 5 heteroatoms. The number of nitrogens with zero attached hydrogens (tertiary/aromatic N) is 3. The largest absolute Gasteiger partial charge is 0.381 e. The molecule has 4 aromatic rings. The van der Waals surface area contributed by atoms with Crippen LogP contribution in [0.15, 0.2) is 67.0 Å². The van der Waals surface area contributed by atoms with Gasteiger partial charge in [-0.2, -0.15) is 0 Å². The number of nitrogens with one attached hydrogen (secondary N) is 1. The molecule has 27 heavy (non-hydrogen) atoms. The van der Waals surface area contributed by atoms with Gasteiger partial charge in [-0.05, 0) is 31.9 Å². The van der Waals surface area contributed by atoms with Crippen molar-refractivity contribution in [3.05, 3.63) is 67.0 Å². The molecule has 0 unspecified atom stereocenters. The molecule has 2 heterocycles. The summed E-state index contributed by atoms with van der Waals surface area (Å²) >= 11 is 0. The highest BCUT2D eigenvalue weighted by Gasteiger charge is 2.20. The quantitative estimate of drug-likeness (QED) is 0.550. The minimum absolute atomic E-state index is 0.118. The number of fused-ring (bicyclic) bond motifs is 1. The van der Waals surface area contributed by atoms with Gasteiger partial charge in [0.2, 0.25) is 0 Å². The maximum Gasteiger partial charge on any atom is 0.182 e. The van der Waals surface area contributed by atoms with Crippen LogP contribution in [-0.4, -0.2) is 19.9 Å². The molecule has 0 spiro atoms. The summed E-state index contributed by atoms with van der Waals surface area (Å²) in [7, 11) is 0. The average molecular weight is 357 g/mol. The molecule has 3 N–H and O–H groups in total. The third-order valence-corrected chi connectivity index (χ3v) is 4.33. The molecule has 0 saturated heterocycles. The van der Waals surface area contributed by atoms with Crippen molar-refractivity contribution in [1.82, 2.24) is 14.4 Å². The zero-order valence-corrected chi connectivity index (χ0v) is 15.8. The fourth-order valence-electron chi connectivity index (χ4n) is 3.12. The van der Waals surface area contributed by atoms with Crippen LogP contribution in [0.25, 0.3) is 28.0 Å². The monoisotopic (exact) mass is 357 g/mol. The van der Waals surface area contributed by atoms with Gasteiger partial charge in [-0.3, -0.25) is 4.40 Å². The molecule has 4 rings (SSSR count). The minimum atomic E-state index is -0.118. The molecule has 2 aromatic heterocycles. The number of hydrogen-bond donors (Lipinski definition) is 2. The normalized spacial score (nSPS) is 11.7. The number of benzene rings is 2. The van der Waals surface area contributed by atoms with Crippen LogP contribution in [0.5, 0.6) is 0 Å². The van der Waals surface area contributed by atoms with Gasteiger partial charge in [-0.1, -0.05) is 54.6 Å². The Morgan fingerprint density at radius 3 is 2.19 bits per heavy atom. The first-order valence-corrected chi connectivity index (χ1v) is 8.99. The highest BCUT2D eigenvalue weighted by Crippen LogP contribution is 2.33. The Labute approximate surface area is 158 Å². The number of imidazole rings is 1. The van der Waals surface area contributed by atoms with Crippen LogP contribution in [0.4, 0.5) is 11.6 Å². The maximum atomic E-state index is 6.06. The molecule has 0 aliphatic carbocycles. The van der Waals surface area contributed by atoms with Gasteiger partial charge in [0.05, 0.1) is 0 Å². The average Bonchev–Trinajstić information content (AvgIpc) is 3.01. The van der Waals surface area contributed by atoms with Gasteiger partial charge in [0, 0.05) is 23.5 Å². The molecule has 2 aromatic carbocycles. The lowest BCUT2D eigenvalue weighted by atomic mass is 10.0. The van der Waals surface area contributed by atoms with Crippen molar-refractivity contribution in [3.8, 4) is 22.4 Å². The fourth-order valence-corrected chi connectivity index (χ4v) is 3.12. The van der Waals surface area contributed by atoms with Crippen molar-refractivity contribution in [2.75, 3.05) is 11.1 Å². The van der Waals surface area contributed by atoms with Crippen molar-refractivity contribution in [1.29, 1.82) is 0 Å². The summed E-state index contributed by atoms with van der Waals surface area (Å²) in [4.78, 5) is 8.95. The van der Waals surface area contributed by atoms with E-state index in [4.69, 9.17) is 10.7 Å². The number of rotatable bonds is 3. The standard InChI is InChI=1S/C22H23N5/c1-22(2,3)26-20-18(25-21-19(23)24-13-14-27(20)21)17-11-9-16(10-12-17)15-7-5-4-6-8-15/h4-14,26H,1-3H3,(H2,23,24). The smallest absolute Gasteiger partial charge is 0.182 e. The number of hydrogen-bond acceptors (Lipinski definition) is 4. The van der Waals surface area contributed by atoms with Gasteiger partial charge in [0.25, 0.3) is 0 Å². The number of anilines is 2. The van der Waals surface area contributed by atoms with Gasteiger partial charge < -0.3 is 11.1 Å². The Morgan fingerprint density at radius 2 is 1.52 bits per heavy atom. The minimum Gasteiger partial charge on any atom is -0.381 e. The molecule has 0 aliphatic heterocycles. The maximum absolute atomic E-state index is 6.06. The van der Waals surface area contributed by atoms with Gasteiger partial charge in [-0.25, -0.2) is 9.97 Å². The van der Waals surface area contributed by atoms with E-state index in [0.717, 1.165) is 17.1 Å². The predicted octanol–water partition coefficient (Wildman–Crippen LogP) is 4.86. The molecule has 136 valence electrons. The molecular formula is C22H23N5. The second kappa shape index (κ2) is 6.43. The molecule has 5 nitrogen and oxygen atoms in total. The second-order valence-corrected chi connectivity index (χ2v) is 7.63. The molecule has 0 amide bonds. The first-order valence-electron chi connectivity index (χ1n) is 8.99. The Morgan fingerprint density at radius 1 is 0.889 bits per heavy atom. The third-order valence-electron chi connectivity index (χ3n) is 4.33. The van der Waals surface area contributed by atoms with E-state index >= 15 is 0 Å². The van der Waals surface area contributed by atoms with Crippen molar-refractivity contribution in [2.24, 2.45) is 0 Å². The predicted molar refractivity (Wildman–Crippen MR) is 112 cm³/mol. The zero-order chi connectivity index (χ0) is 19.0. The van der Waals surface area contributed by atoms with Crippen LogP contribution < -0.4 is 11.1 Å². The molecular weight excluding hydrogens is 334 g/mol. The lowest BCUT2D eigenvalue weighted by Gasteiger charge is -2.22. The molecule has 0 bridgehead atoms.